The topological polar surface area (TPSA) is 75.6 Å². The maximum atomic E-state index is 11.4. The summed E-state index contributed by atoms with van der Waals surface area (Å²) in [5.74, 6) is -0.377. The van der Waals surface area contributed by atoms with Crippen LogP contribution < -0.4 is 10.1 Å². The Bertz CT molecular complexity index is 477. The van der Waals surface area contributed by atoms with Gasteiger partial charge in [0.25, 0.3) is 0 Å². The summed E-state index contributed by atoms with van der Waals surface area (Å²) in [6, 6.07) is 7.11. The van der Waals surface area contributed by atoms with Gasteiger partial charge in [0, 0.05) is 12.1 Å². The fourth-order valence-corrected chi connectivity index (χ4v) is 1.50. The standard InChI is InChI=1S/C15H19NO4/c1-11(2)16-14(17)9-10-20-13-6-3-12(4-7-13)5-8-15(18)19/h3-8,11H,9-10H2,1-2H3,(H,16,17)(H,18,19). The van der Waals surface area contributed by atoms with Gasteiger partial charge in [0.15, 0.2) is 0 Å². The predicted molar refractivity (Wildman–Crippen MR) is 76.5 cm³/mol. The van der Waals surface area contributed by atoms with Gasteiger partial charge < -0.3 is 15.2 Å². The first-order chi connectivity index (χ1) is 9.47. The number of ether oxygens (including phenoxy) is 1. The summed E-state index contributed by atoms with van der Waals surface area (Å²) in [4.78, 5) is 21.8. The minimum Gasteiger partial charge on any atom is -0.493 e. The number of carboxylic acids is 1. The number of nitrogens with one attached hydrogen (secondary N) is 1. The molecule has 0 radical (unpaired) electrons. The summed E-state index contributed by atoms with van der Waals surface area (Å²) in [5, 5.41) is 11.3. The van der Waals surface area contributed by atoms with Crippen molar-refractivity contribution in [2.75, 3.05) is 6.61 Å². The van der Waals surface area contributed by atoms with Gasteiger partial charge in [-0.05, 0) is 37.6 Å². The molecule has 108 valence electrons. The van der Waals surface area contributed by atoms with E-state index < -0.39 is 5.97 Å². The van der Waals surface area contributed by atoms with Crippen LogP contribution in [0.25, 0.3) is 6.08 Å². The first-order valence-electron chi connectivity index (χ1n) is 6.40. The summed E-state index contributed by atoms with van der Waals surface area (Å²) in [7, 11) is 0. The third-order valence-electron chi connectivity index (χ3n) is 2.35. The van der Waals surface area contributed by atoms with E-state index in [0.29, 0.717) is 18.8 Å². The van der Waals surface area contributed by atoms with Gasteiger partial charge in [-0.2, -0.15) is 0 Å². The van der Waals surface area contributed by atoms with Crippen LogP contribution in [0.15, 0.2) is 30.3 Å². The number of amides is 1. The average molecular weight is 277 g/mol. The summed E-state index contributed by atoms with van der Waals surface area (Å²) in [5.41, 5.74) is 0.775. The number of hydrogen-bond acceptors (Lipinski definition) is 3. The molecule has 1 aromatic carbocycles. The van der Waals surface area contributed by atoms with E-state index in [0.717, 1.165) is 11.6 Å². The molecule has 1 aromatic rings. The molecule has 2 N–H and O–H groups in total. The Morgan fingerprint density at radius 1 is 1.30 bits per heavy atom. The van der Waals surface area contributed by atoms with Gasteiger partial charge >= 0.3 is 5.97 Å². The normalized spacial score (nSPS) is 10.8. The second kappa shape index (κ2) is 7.99. The number of carbonyl (C=O) groups excluding carboxylic acids is 1. The molecule has 0 saturated carbocycles. The zero-order valence-electron chi connectivity index (χ0n) is 11.6. The molecule has 0 heterocycles. The monoisotopic (exact) mass is 277 g/mol. The van der Waals surface area contributed by atoms with Crippen molar-refractivity contribution in [2.24, 2.45) is 0 Å². The predicted octanol–water partition coefficient (Wildman–Crippen LogP) is 2.08. The first-order valence-corrected chi connectivity index (χ1v) is 6.40. The number of aliphatic carboxylic acids is 1. The maximum absolute atomic E-state index is 11.4. The van der Waals surface area contributed by atoms with E-state index in [9.17, 15) is 9.59 Å². The molecular weight excluding hydrogens is 258 g/mol. The molecule has 0 aromatic heterocycles. The van der Waals surface area contributed by atoms with Crippen molar-refractivity contribution in [1.82, 2.24) is 5.32 Å². The second-order valence-electron chi connectivity index (χ2n) is 4.56. The Hall–Kier alpha value is -2.30. The van der Waals surface area contributed by atoms with Gasteiger partial charge in [0.05, 0.1) is 13.0 Å². The van der Waals surface area contributed by atoms with E-state index in [-0.39, 0.29) is 11.9 Å². The lowest BCUT2D eigenvalue weighted by Gasteiger charge is -2.09. The fraction of sp³-hybridized carbons (Fsp3) is 0.333. The first kappa shape index (κ1) is 15.8. The Balaban J connectivity index is 2.38. The quantitative estimate of drug-likeness (QED) is 0.748. The fourth-order valence-electron chi connectivity index (χ4n) is 1.50. The van der Waals surface area contributed by atoms with Crippen molar-refractivity contribution in [3.63, 3.8) is 0 Å². The third kappa shape index (κ3) is 6.58. The van der Waals surface area contributed by atoms with Crippen LogP contribution >= 0.6 is 0 Å². The van der Waals surface area contributed by atoms with Crippen LogP contribution in [-0.4, -0.2) is 29.6 Å². The lowest BCUT2D eigenvalue weighted by atomic mass is 10.2. The lowest BCUT2D eigenvalue weighted by molar-refractivity contribution is -0.131. The molecule has 0 fully saturated rings. The summed E-state index contributed by atoms with van der Waals surface area (Å²) in [6.07, 6.45) is 2.88. The number of hydrogen-bond donors (Lipinski definition) is 2. The summed E-state index contributed by atoms with van der Waals surface area (Å²) in [6.45, 7) is 4.12. The van der Waals surface area contributed by atoms with Crippen molar-refractivity contribution in [3.05, 3.63) is 35.9 Å². The average Bonchev–Trinajstić information content (AvgIpc) is 2.37. The molecule has 20 heavy (non-hydrogen) atoms. The van der Waals surface area contributed by atoms with E-state index in [2.05, 4.69) is 5.32 Å². The molecule has 0 aliphatic heterocycles. The molecule has 0 saturated heterocycles. The van der Waals surface area contributed by atoms with Crippen LogP contribution in [0.5, 0.6) is 5.75 Å². The Morgan fingerprint density at radius 2 is 1.95 bits per heavy atom. The van der Waals surface area contributed by atoms with Crippen LogP contribution in [0.4, 0.5) is 0 Å². The second-order valence-corrected chi connectivity index (χ2v) is 4.56. The number of carboxylic acid groups (broad SMARTS) is 1. The zero-order chi connectivity index (χ0) is 15.0. The molecular formula is C15H19NO4. The van der Waals surface area contributed by atoms with Gasteiger partial charge in [-0.25, -0.2) is 4.79 Å². The van der Waals surface area contributed by atoms with E-state index >= 15 is 0 Å². The van der Waals surface area contributed by atoms with Crippen LogP contribution in [0.2, 0.25) is 0 Å². The molecule has 5 nitrogen and oxygen atoms in total. The molecule has 5 heteroatoms. The summed E-state index contributed by atoms with van der Waals surface area (Å²) >= 11 is 0. The lowest BCUT2D eigenvalue weighted by Crippen LogP contribution is -2.31. The Labute approximate surface area is 118 Å². The highest BCUT2D eigenvalue weighted by Crippen LogP contribution is 2.13. The highest BCUT2D eigenvalue weighted by Gasteiger charge is 2.03. The SMILES string of the molecule is CC(C)NC(=O)CCOc1ccc(C=CC(=O)O)cc1. The van der Waals surface area contributed by atoms with Crippen molar-refractivity contribution < 1.29 is 19.4 Å². The summed E-state index contributed by atoms with van der Waals surface area (Å²) < 4.78 is 5.44. The van der Waals surface area contributed by atoms with E-state index in [1.54, 1.807) is 24.3 Å². The highest BCUT2D eigenvalue weighted by molar-refractivity contribution is 5.85. The zero-order valence-corrected chi connectivity index (χ0v) is 11.6. The molecule has 0 bridgehead atoms. The van der Waals surface area contributed by atoms with Crippen molar-refractivity contribution in [2.45, 2.75) is 26.3 Å². The Kier molecular flexibility index (Phi) is 6.29. The van der Waals surface area contributed by atoms with Gasteiger partial charge in [-0.15, -0.1) is 0 Å². The van der Waals surface area contributed by atoms with E-state index in [4.69, 9.17) is 9.84 Å². The minimum absolute atomic E-state index is 0.0407. The third-order valence-corrected chi connectivity index (χ3v) is 2.35. The number of carbonyl (C=O) groups is 2. The van der Waals surface area contributed by atoms with Crippen LogP contribution in [-0.2, 0) is 9.59 Å². The molecule has 0 unspecified atom stereocenters. The molecule has 1 rings (SSSR count). The van der Waals surface area contributed by atoms with Crippen molar-refractivity contribution >= 4 is 18.0 Å². The largest absolute Gasteiger partial charge is 0.493 e. The van der Waals surface area contributed by atoms with Crippen LogP contribution in [0.1, 0.15) is 25.8 Å². The molecule has 0 spiro atoms. The maximum Gasteiger partial charge on any atom is 0.328 e. The number of benzene rings is 1. The minimum atomic E-state index is -0.985. The highest BCUT2D eigenvalue weighted by atomic mass is 16.5. The van der Waals surface area contributed by atoms with Crippen molar-refractivity contribution in [3.8, 4) is 5.75 Å². The van der Waals surface area contributed by atoms with Crippen LogP contribution in [0.3, 0.4) is 0 Å². The van der Waals surface area contributed by atoms with Crippen LogP contribution in [0, 0.1) is 0 Å². The van der Waals surface area contributed by atoms with Gasteiger partial charge in [-0.1, -0.05) is 12.1 Å². The van der Waals surface area contributed by atoms with E-state index in [1.165, 1.54) is 6.08 Å². The van der Waals surface area contributed by atoms with Crippen molar-refractivity contribution in [1.29, 1.82) is 0 Å². The Morgan fingerprint density at radius 3 is 2.50 bits per heavy atom. The number of rotatable bonds is 7. The van der Waals surface area contributed by atoms with E-state index in [1.807, 2.05) is 13.8 Å². The van der Waals surface area contributed by atoms with Gasteiger partial charge in [0.1, 0.15) is 5.75 Å². The molecule has 0 aliphatic rings. The van der Waals surface area contributed by atoms with Gasteiger partial charge in [-0.3, -0.25) is 4.79 Å². The molecule has 0 atom stereocenters. The smallest absolute Gasteiger partial charge is 0.328 e. The van der Waals surface area contributed by atoms with Gasteiger partial charge in [0.2, 0.25) is 5.91 Å². The molecule has 1 amide bonds. The molecule has 0 aliphatic carbocycles.